The lowest BCUT2D eigenvalue weighted by Gasteiger charge is -2.39. The number of allylic oxidation sites excluding steroid dienone is 3. The van der Waals surface area contributed by atoms with Gasteiger partial charge in [-0.2, -0.15) is 5.26 Å². The summed E-state index contributed by atoms with van der Waals surface area (Å²) in [5, 5.41) is 17.1. The van der Waals surface area contributed by atoms with E-state index in [-0.39, 0.29) is 22.9 Å². The molecule has 0 saturated heterocycles. The first-order valence-electron chi connectivity index (χ1n) is 11.5. The number of amides is 1. The number of anilines is 1. The van der Waals surface area contributed by atoms with Gasteiger partial charge in [-0.15, -0.1) is 0 Å². The van der Waals surface area contributed by atoms with Crippen LogP contribution in [0.3, 0.4) is 0 Å². The molecule has 1 aliphatic heterocycles. The summed E-state index contributed by atoms with van der Waals surface area (Å²) < 4.78 is 5.29. The predicted octanol–water partition coefficient (Wildman–Crippen LogP) is 5.44. The molecular formula is C28H29N3O3S. The Morgan fingerprint density at radius 2 is 1.86 bits per heavy atom. The number of thioether (sulfide) groups is 1. The third-order valence-corrected chi connectivity index (χ3v) is 7.28. The normalized spacial score (nSPS) is 18.9. The Morgan fingerprint density at radius 3 is 2.49 bits per heavy atom. The zero-order valence-electron chi connectivity index (χ0n) is 20.4. The van der Waals surface area contributed by atoms with Crippen molar-refractivity contribution >= 4 is 29.1 Å². The highest BCUT2D eigenvalue weighted by Gasteiger charge is 2.41. The number of hydrogen-bond acceptors (Lipinski definition) is 6. The molecule has 2 N–H and O–H groups in total. The molecule has 2 aromatic rings. The van der Waals surface area contributed by atoms with E-state index in [0.717, 1.165) is 22.5 Å². The fourth-order valence-electron chi connectivity index (χ4n) is 4.59. The van der Waals surface area contributed by atoms with Crippen LogP contribution in [0.25, 0.3) is 0 Å². The summed E-state index contributed by atoms with van der Waals surface area (Å²) in [6.45, 7) is 6.14. The first-order chi connectivity index (χ1) is 16.7. The summed E-state index contributed by atoms with van der Waals surface area (Å²) in [7, 11) is 1.60. The van der Waals surface area contributed by atoms with Gasteiger partial charge in [-0.1, -0.05) is 55.4 Å². The standard InChI is InChI=1S/C28H29N3O3S/c1-17-5-9-19(10-6-17)30-24(33)16-35-27-21(15-29)25(18-7-11-20(34-4)12-8-18)26-22(31-27)13-28(2,3)14-23(26)32/h5-12,25,31H,13-14,16H2,1-4H3,(H,30,33)/t25-/m0/s1. The third-order valence-electron chi connectivity index (χ3n) is 6.26. The molecule has 35 heavy (non-hydrogen) atoms. The molecule has 0 radical (unpaired) electrons. The minimum Gasteiger partial charge on any atom is -0.497 e. The maximum absolute atomic E-state index is 13.3. The van der Waals surface area contributed by atoms with Crippen molar-refractivity contribution < 1.29 is 14.3 Å². The Bertz CT molecular complexity index is 1250. The number of hydrogen-bond donors (Lipinski definition) is 2. The second-order valence-corrected chi connectivity index (χ2v) is 10.7. The van der Waals surface area contributed by atoms with Gasteiger partial charge in [0.2, 0.25) is 5.91 Å². The molecule has 0 bridgehead atoms. The topological polar surface area (TPSA) is 91.2 Å². The van der Waals surface area contributed by atoms with E-state index >= 15 is 0 Å². The SMILES string of the molecule is COc1ccc([C@H]2C(C#N)=C(SCC(=O)Nc3ccc(C)cc3)NC3=C2C(=O)CC(C)(C)C3)cc1. The van der Waals surface area contributed by atoms with Crippen molar-refractivity contribution in [3.8, 4) is 11.8 Å². The van der Waals surface area contributed by atoms with Crippen LogP contribution in [0.1, 0.15) is 43.7 Å². The van der Waals surface area contributed by atoms with Gasteiger partial charge < -0.3 is 15.4 Å². The van der Waals surface area contributed by atoms with Crippen LogP contribution in [0.2, 0.25) is 0 Å². The second-order valence-electron chi connectivity index (χ2n) is 9.72. The first-order valence-corrected chi connectivity index (χ1v) is 12.5. The van der Waals surface area contributed by atoms with Gasteiger partial charge >= 0.3 is 0 Å². The van der Waals surface area contributed by atoms with Crippen LogP contribution >= 0.6 is 11.8 Å². The summed E-state index contributed by atoms with van der Waals surface area (Å²) >= 11 is 1.29. The average Bonchev–Trinajstić information content (AvgIpc) is 2.82. The summed E-state index contributed by atoms with van der Waals surface area (Å²) in [6, 6.07) is 17.4. The molecule has 0 fully saturated rings. The van der Waals surface area contributed by atoms with Crippen molar-refractivity contribution in [3.05, 3.63) is 81.5 Å². The molecule has 2 aromatic carbocycles. The van der Waals surface area contributed by atoms with Crippen LogP contribution in [0.5, 0.6) is 5.75 Å². The molecule has 1 atom stereocenters. The van der Waals surface area contributed by atoms with Crippen molar-refractivity contribution in [3.63, 3.8) is 0 Å². The fourth-order valence-corrected chi connectivity index (χ4v) is 5.45. The molecule has 4 rings (SSSR count). The van der Waals surface area contributed by atoms with E-state index in [2.05, 4.69) is 30.6 Å². The van der Waals surface area contributed by atoms with Crippen LogP contribution in [-0.4, -0.2) is 24.6 Å². The lowest BCUT2D eigenvalue weighted by atomic mass is 9.69. The number of benzene rings is 2. The Labute approximate surface area is 210 Å². The van der Waals surface area contributed by atoms with Gasteiger partial charge in [-0.05, 0) is 48.6 Å². The zero-order chi connectivity index (χ0) is 25.2. The summed E-state index contributed by atoms with van der Waals surface area (Å²) in [6.07, 6.45) is 1.12. The highest BCUT2D eigenvalue weighted by Crippen LogP contribution is 2.48. The molecular weight excluding hydrogens is 458 g/mol. The van der Waals surface area contributed by atoms with Gasteiger partial charge in [0.1, 0.15) is 5.75 Å². The van der Waals surface area contributed by atoms with Gasteiger partial charge in [0.05, 0.1) is 35.5 Å². The second kappa shape index (κ2) is 10.0. The Hall–Kier alpha value is -3.50. The number of nitrogens with zero attached hydrogens (tertiary/aromatic N) is 1. The molecule has 2 aliphatic rings. The molecule has 0 unspecified atom stereocenters. The Balaban J connectivity index is 1.64. The van der Waals surface area contributed by atoms with E-state index in [0.29, 0.717) is 34.8 Å². The summed E-state index contributed by atoms with van der Waals surface area (Å²) in [5.41, 5.74) is 4.46. The molecule has 1 heterocycles. The first kappa shape index (κ1) is 24.6. The van der Waals surface area contributed by atoms with Gasteiger partial charge in [0.25, 0.3) is 0 Å². The van der Waals surface area contributed by atoms with Crippen molar-refractivity contribution in [1.29, 1.82) is 5.26 Å². The molecule has 1 amide bonds. The number of ether oxygens (including phenoxy) is 1. The van der Waals surface area contributed by atoms with Gasteiger partial charge in [-0.25, -0.2) is 0 Å². The smallest absolute Gasteiger partial charge is 0.234 e. The number of rotatable bonds is 6. The highest BCUT2D eigenvalue weighted by molar-refractivity contribution is 8.03. The summed E-state index contributed by atoms with van der Waals surface area (Å²) in [4.78, 5) is 25.9. The van der Waals surface area contributed by atoms with E-state index in [9.17, 15) is 14.9 Å². The number of Topliss-reactive ketones (excluding diaryl/α,β-unsaturated/α-hetero) is 1. The maximum Gasteiger partial charge on any atom is 0.234 e. The lowest BCUT2D eigenvalue weighted by molar-refractivity contribution is -0.118. The summed E-state index contributed by atoms with van der Waals surface area (Å²) in [5.74, 6) is 0.257. The van der Waals surface area contributed by atoms with Crippen LogP contribution in [0, 0.1) is 23.7 Å². The number of aryl methyl sites for hydroxylation is 1. The number of carbonyl (C=O) groups excluding carboxylic acids is 2. The number of dihydropyridines is 1. The number of carbonyl (C=O) groups is 2. The van der Waals surface area contributed by atoms with Crippen LogP contribution in [0.15, 0.2) is 70.4 Å². The van der Waals surface area contributed by atoms with Gasteiger partial charge in [0, 0.05) is 23.4 Å². The average molecular weight is 488 g/mol. The van der Waals surface area contributed by atoms with E-state index < -0.39 is 5.92 Å². The fraction of sp³-hybridized carbons (Fsp3) is 0.321. The van der Waals surface area contributed by atoms with Crippen LogP contribution in [-0.2, 0) is 9.59 Å². The number of ketones is 1. The third kappa shape index (κ3) is 5.44. The molecule has 1 aliphatic carbocycles. The lowest BCUT2D eigenvalue weighted by Crippen LogP contribution is -2.37. The molecule has 7 heteroatoms. The minimum atomic E-state index is -0.478. The van der Waals surface area contributed by atoms with Gasteiger partial charge in [-0.3, -0.25) is 9.59 Å². The number of methoxy groups -OCH3 is 1. The monoisotopic (exact) mass is 487 g/mol. The Morgan fingerprint density at radius 1 is 1.17 bits per heavy atom. The molecule has 0 spiro atoms. The van der Waals surface area contributed by atoms with Crippen molar-refractivity contribution in [2.75, 3.05) is 18.2 Å². The van der Waals surface area contributed by atoms with E-state index in [1.165, 1.54) is 11.8 Å². The Kier molecular flexibility index (Phi) is 7.04. The molecule has 180 valence electrons. The highest BCUT2D eigenvalue weighted by atomic mass is 32.2. The quantitative estimate of drug-likeness (QED) is 0.564. The van der Waals surface area contributed by atoms with E-state index in [1.807, 2.05) is 55.5 Å². The largest absolute Gasteiger partial charge is 0.497 e. The maximum atomic E-state index is 13.3. The van der Waals surface area contributed by atoms with E-state index in [1.54, 1.807) is 7.11 Å². The van der Waals surface area contributed by atoms with E-state index in [4.69, 9.17) is 4.74 Å². The number of nitrogens with one attached hydrogen (secondary N) is 2. The zero-order valence-corrected chi connectivity index (χ0v) is 21.2. The van der Waals surface area contributed by atoms with Crippen LogP contribution < -0.4 is 15.4 Å². The molecule has 0 aromatic heterocycles. The van der Waals surface area contributed by atoms with Crippen molar-refractivity contribution in [2.45, 2.75) is 39.5 Å². The van der Waals surface area contributed by atoms with Crippen molar-refractivity contribution in [2.24, 2.45) is 5.41 Å². The number of nitriles is 1. The molecule has 0 saturated carbocycles. The van der Waals surface area contributed by atoms with Crippen molar-refractivity contribution in [1.82, 2.24) is 5.32 Å². The van der Waals surface area contributed by atoms with Gasteiger partial charge in [0.15, 0.2) is 5.78 Å². The molecule has 6 nitrogen and oxygen atoms in total. The minimum absolute atomic E-state index is 0.0542. The van der Waals surface area contributed by atoms with Crippen LogP contribution in [0.4, 0.5) is 5.69 Å². The predicted molar refractivity (Wildman–Crippen MR) is 139 cm³/mol.